The van der Waals surface area contributed by atoms with Crippen molar-refractivity contribution in [1.82, 2.24) is 0 Å². The predicted octanol–water partition coefficient (Wildman–Crippen LogP) is 3.68. The highest BCUT2D eigenvalue weighted by Gasteiger charge is 2.09. The van der Waals surface area contributed by atoms with E-state index in [-0.39, 0.29) is 6.04 Å². The zero-order chi connectivity index (χ0) is 8.43. The zero-order valence-electron chi connectivity index (χ0n) is 6.10. The molecule has 1 heterocycles. The number of rotatable bonds is 2. The van der Waals surface area contributed by atoms with E-state index in [9.17, 15) is 0 Å². The summed E-state index contributed by atoms with van der Waals surface area (Å²) in [4.78, 5) is 1.23. The Morgan fingerprint density at radius 3 is 2.64 bits per heavy atom. The zero-order valence-corrected chi connectivity index (χ0v) is 10.1. The van der Waals surface area contributed by atoms with Crippen molar-refractivity contribution in [2.45, 2.75) is 19.4 Å². The molecule has 0 saturated heterocycles. The molecule has 1 aromatic rings. The van der Waals surface area contributed by atoms with Crippen LogP contribution < -0.4 is 5.73 Å². The minimum absolute atomic E-state index is 0.183. The summed E-state index contributed by atoms with van der Waals surface area (Å²) in [6, 6.07) is 2.26. The van der Waals surface area contributed by atoms with Gasteiger partial charge in [0.25, 0.3) is 0 Å². The van der Waals surface area contributed by atoms with Crippen molar-refractivity contribution in [3.63, 3.8) is 0 Å². The summed E-state index contributed by atoms with van der Waals surface area (Å²) in [6.07, 6.45) is 0.986. The normalized spacial score (nSPS) is 13.5. The Hall–Kier alpha value is 0.620. The van der Waals surface area contributed by atoms with Crippen molar-refractivity contribution in [3.05, 3.63) is 19.2 Å². The van der Waals surface area contributed by atoms with E-state index < -0.39 is 0 Å². The molecule has 4 heteroatoms. The monoisotopic (exact) mass is 297 g/mol. The third-order valence-electron chi connectivity index (χ3n) is 1.47. The SMILES string of the molecule is CCC(N)c1cc(Br)c(Br)s1. The van der Waals surface area contributed by atoms with E-state index in [4.69, 9.17) is 5.73 Å². The lowest BCUT2D eigenvalue weighted by Gasteiger charge is -2.02. The summed E-state index contributed by atoms with van der Waals surface area (Å²) in [7, 11) is 0. The van der Waals surface area contributed by atoms with Gasteiger partial charge in [0.1, 0.15) is 0 Å². The van der Waals surface area contributed by atoms with Gasteiger partial charge in [0.15, 0.2) is 0 Å². The summed E-state index contributed by atoms with van der Waals surface area (Å²) in [5.41, 5.74) is 5.85. The van der Waals surface area contributed by atoms with Gasteiger partial charge in [-0.3, -0.25) is 0 Å². The molecule has 1 rings (SSSR count). The van der Waals surface area contributed by atoms with Crippen molar-refractivity contribution in [3.8, 4) is 0 Å². The van der Waals surface area contributed by atoms with Crippen LogP contribution in [0.25, 0.3) is 0 Å². The van der Waals surface area contributed by atoms with Gasteiger partial charge in [0, 0.05) is 15.4 Å². The second kappa shape index (κ2) is 4.03. The molecule has 0 aliphatic heterocycles. The van der Waals surface area contributed by atoms with Crippen LogP contribution in [-0.4, -0.2) is 0 Å². The second-order valence-corrected chi connectivity index (χ2v) is 5.54. The molecule has 0 radical (unpaired) electrons. The van der Waals surface area contributed by atoms with Gasteiger partial charge in [0.2, 0.25) is 0 Å². The van der Waals surface area contributed by atoms with Gasteiger partial charge in [-0.25, -0.2) is 0 Å². The largest absolute Gasteiger partial charge is 0.323 e. The average molecular weight is 299 g/mol. The number of thiophene rings is 1. The lowest BCUT2D eigenvalue weighted by molar-refractivity contribution is 0.712. The number of nitrogens with two attached hydrogens (primary N) is 1. The maximum Gasteiger partial charge on any atom is 0.0843 e. The van der Waals surface area contributed by atoms with Crippen LogP contribution in [0.2, 0.25) is 0 Å². The fourth-order valence-corrected chi connectivity index (χ4v) is 2.92. The van der Waals surface area contributed by atoms with E-state index >= 15 is 0 Å². The summed E-state index contributed by atoms with van der Waals surface area (Å²) in [6.45, 7) is 2.09. The molecular weight excluding hydrogens is 290 g/mol. The molecule has 1 unspecified atom stereocenters. The van der Waals surface area contributed by atoms with Crippen molar-refractivity contribution in [2.24, 2.45) is 5.73 Å². The van der Waals surface area contributed by atoms with Crippen molar-refractivity contribution in [1.29, 1.82) is 0 Å². The first-order valence-corrected chi connectivity index (χ1v) is 5.75. The molecule has 62 valence electrons. The van der Waals surface area contributed by atoms with E-state index in [1.54, 1.807) is 11.3 Å². The maximum absolute atomic E-state index is 5.85. The highest BCUT2D eigenvalue weighted by Crippen LogP contribution is 2.35. The number of hydrogen-bond donors (Lipinski definition) is 1. The smallest absolute Gasteiger partial charge is 0.0843 e. The van der Waals surface area contributed by atoms with Crippen LogP contribution in [0.3, 0.4) is 0 Å². The molecule has 0 spiro atoms. The molecule has 0 amide bonds. The lowest BCUT2D eigenvalue weighted by Crippen LogP contribution is -2.05. The van der Waals surface area contributed by atoms with Crippen LogP contribution in [0.1, 0.15) is 24.3 Å². The van der Waals surface area contributed by atoms with E-state index in [1.165, 1.54) is 4.88 Å². The van der Waals surface area contributed by atoms with Gasteiger partial charge in [-0.2, -0.15) is 0 Å². The average Bonchev–Trinajstić information content (AvgIpc) is 2.31. The van der Waals surface area contributed by atoms with Gasteiger partial charge >= 0.3 is 0 Å². The van der Waals surface area contributed by atoms with E-state index in [0.717, 1.165) is 14.7 Å². The first-order valence-electron chi connectivity index (χ1n) is 3.35. The lowest BCUT2D eigenvalue weighted by atomic mass is 10.2. The summed E-state index contributed by atoms with van der Waals surface area (Å²) < 4.78 is 2.22. The molecule has 1 aromatic heterocycles. The molecule has 1 atom stereocenters. The van der Waals surface area contributed by atoms with Crippen LogP contribution in [0.15, 0.2) is 14.3 Å². The second-order valence-electron chi connectivity index (χ2n) is 2.29. The third-order valence-corrected chi connectivity index (χ3v) is 4.86. The van der Waals surface area contributed by atoms with Gasteiger partial charge in [-0.05, 0) is 44.3 Å². The molecule has 0 aromatic carbocycles. The Morgan fingerprint density at radius 2 is 2.27 bits per heavy atom. The summed E-state index contributed by atoms with van der Waals surface area (Å²) >= 11 is 8.54. The van der Waals surface area contributed by atoms with E-state index in [0.29, 0.717) is 0 Å². The third kappa shape index (κ3) is 2.28. The highest BCUT2D eigenvalue weighted by molar-refractivity contribution is 9.13. The molecule has 11 heavy (non-hydrogen) atoms. The molecule has 1 nitrogen and oxygen atoms in total. The quantitative estimate of drug-likeness (QED) is 0.885. The summed E-state index contributed by atoms with van der Waals surface area (Å²) in [5, 5.41) is 0. The predicted molar refractivity (Wildman–Crippen MR) is 56.9 cm³/mol. The van der Waals surface area contributed by atoms with Gasteiger partial charge in [-0.15, -0.1) is 11.3 Å². The van der Waals surface area contributed by atoms with Crippen molar-refractivity contribution in [2.75, 3.05) is 0 Å². The summed E-state index contributed by atoms with van der Waals surface area (Å²) in [5.74, 6) is 0. The molecule has 0 saturated carbocycles. The first kappa shape index (κ1) is 9.71. The highest BCUT2D eigenvalue weighted by atomic mass is 79.9. The molecule has 0 aliphatic rings. The number of hydrogen-bond acceptors (Lipinski definition) is 2. The fourth-order valence-electron chi connectivity index (χ4n) is 0.747. The Labute approximate surface area is 87.2 Å². The van der Waals surface area contributed by atoms with Crippen molar-refractivity contribution >= 4 is 43.2 Å². The Morgan fingerprint density at radius 1 is 1.64 bits per heavy atom. The van der Waals surface area contributed by atoms with Gasteiger partial charge in [-0.1, -0.05) is 6.92 Å². The topological polar surface area (TPSA) is 26.0 Å². The standard InChI is InChI=1S/C7H9Br2NS/c1-2-5(10)6-3-4(8)7(9)11-6/h3,5H,2,10H2,1H3. The van der Waals surface area contributed by atoms with Crippen LogP contribution in [-0.2, 0) is 0 Å². The van der Waals surface area contributed by atoms with Gasteiger partial charge in [0.05, 0.1) is 3.79 Å². The first-order chi connectivity index (χ1) is 5.15. The van der Waals surface area contributed by atoms with E-state index in [1.807, 2.05) is 0 Å². The minimum Gasteiger partial charge on any atom is -0.323 e. The van der Waals surface area contributed by atoms with E-state index in [2.05, 4.69) is 44.8 Å². The molecule has 0 bridgehead atoms. The number of halogens is 2. The maximum atomic E-state index is 5.85. The van der Waals surface area contributed by atoms with Crippen LogP contribution in [0, 0.1) is 0 Å². The van der Waals surface area contributed by atoms with Gasteiger partial charge < -0.3 is 5.73 Å². The Balaban J connectivity index is 2.88. The Bertz CT molecular complexity index is 227. The van der Waals surface area contributed by atoms with Crippen LogP contribution in [0.4, 0.5) is 0 Å². The fraction of sp³-hybridized carbons (Fsp3) is 0.429. The molecule has 0 aliphatic carbocycles. The molecular formula is C7H9Br2NS. The minimum atomic E-state index is 0.183. The van der Waals surface area contributed by atoms with Crippen LogP contribution in [0.5, 0.6) is 0 Å². The van der Waals surface area contributed by atoms with Crippen LogP contribution >= 0.6 is 43.2 Å². The Kier molecular flexibility index (Phi) is 3.55. The van der Waals surface area contributed by atoms with Crippen molar-refractivity contribution < 1.29 is 0 Å². The molecule has 0 fully saturated rings. The molecule has 2 N–H and O–H groups in total.